The van der Waals surface area contributed by atoms with Gasteiger partial charge >= 0.3 is 10.5 Å². The van der Waals surface area contributed by atoms with E-state index in [0.29, 0.717) is 83.4 Å². The lowest BCUT2D eigenvalue weighted by Gasteiger charge is -2.31. The van der Waals surface area contributed by atoms with Crippen LogP contribution in [0.4, 0.5) is 8.28 Å². The molecule has 0 bridgehead atoms. The van der Waals surface area contributed by atoms with Crippen LogP contribution in [0.15, 0.2) is 97.1 Å². The molecule has 0 radical (unpaired) electrons. The smallest absolute Gasteiger partial charge is 0.373 e. The van der Waals surface area contributed by atoms with Gasteiger partial charge in [0.2, 0.25) is 23.6 Å². The molecule has 0 saturated carbocycles. The Kier molecular flexibility index (Phi) is 22.8. The largest absolute Gasteiger partial charge is 0.488 e. The van der Waals surface area contributed by atoms with Crippen molar-refractivity contribution in [3.8, 4) is 5.75 Å². The van der Waals surface area contributed by atoms with Gasteiger partial charge < -0.3 is 44.7 Å². The van der Waals surface area contributed by atoms with E-state index in [2.05, 4.69) is 37.6 Å². The number of halogens is 2. The minimum absolute atomic E-state index is 0.00433. The number of likely N-dealkylation sites (N-methyl/N-ethyl adjacent to an activating group) is 1. The van der Waals surface area contributed by atoms with Crippen molar-refractivity contribution in [2.45, 2.75) is 160 Å². The van der Waals surface area contributed by atoms with Crippen LogP contribution < -0.4 is 25.5 Å². The molecule has 4 aromatic rings. The number of rotatable bonds is 31. The van der Waals surface area contributed by atoms with Crippen molar-refractivity contribution in [1.29, 1.82) is 0 Å². The zero-order valence-corrected chi connectivity index (χ0v) is 49.5. The van der Waals surface area contributed by atoms with Crippen molar-refractivity contribution >= 4 is 45.7 Å². The molecular formula is C64H82F2N6O11S. The summed E-state index contributed by atoms with van der Waals surface area (Å²) in [4.78, 5) is 87.0. The lowest BCUT2D eigenvalue weighted by Crippen LogP contribution is -2.56. The number of hydrogen-bond donors (Lipinski definition) is 4. The molecule has 0 spiro atoms. The lowest BCUT2D eigenvalue weighted by atomic mass is 9.92. The van der Waals surface area contributed by atoms with Gasteiger partial charge in [-0.25, -0.2) is 4.39 Å². The zero-order chi connectivity index (χ0) is 59.9. The summed E-state index contributed by atoms with van der Waals surface area (Å²) >= 11 is 0. The predicted octanol–water partition coefficient (Wildman–Crippen LogP) is 7.70. The van der Waals surface area contributed by atoms with Crippen molar-refractivity contribution < 1.29 is 59.1 Å². The van der Waals surface area contributed by atoms with E-state index in [4.69, 9.17) is 9.47 Å². The number of Topliss-reactive ketones (excluding diaryl/α,β-unsaturated/α-hetero) is 2. The molecule has 4 N–H and O–H groups in total. The Morgan fingerprint density at radius 3 is 1.96 bits per heavy atom. The molecule has 84 heavy (non-hydrogen) atoms. The highest BCUT2D eigenvalue weighted by Crippen LogP contribution is 2.42. The average molecular weight is 1180 g/mol. The van der Waals surface area contributed by atoms with Gasteiger partial charge in [0.1, 0.15) is 35.5 Å². The summed E-state index contributed by atoms with van der Waals surface area (Å²) in [5, 5.41) is 12.4. The van der Waals surface area contributed by atoms with Crippen LogP contribution in [-0.2, 0) is 74.6 Å². The van der Waals surface area contributed by atoms with Crippen molar-refractivity contribution in [2.75, 3.05) is 39.9 Å². The fourth-order valence-corrected chi connectivity index (χ4v) is 12.6. The molecule has 2 aliphatic carbocycles. The maximum atomic E-state index is 14.4. The number of amides is 4. The van der Waals surface area contributed by atoms with Crippen molar-refractivity contribution in [3.05, 3.63) is 136 Å². The normalized spacial score (nSPS) is 21.5. The summed E-state index contributed by atoms with van der Waals surface area (Å²) in [6.07, 6.45) is 6.99. The third-order valence-electron chi connectivity index (χ3n) is 17.2. The Hall–Kier alpha value is -6.45. The molecule has 8 rings (SSSR count). The van der Waals surface area contributed by atoms with E-state index >= 15 is 0 Å². The summed E-state index contributed by atoms with van der Waals surface area (Å²) in [5.74, 6) is -3.08. The quantitative estimate of drug-likeness (QED) is 0.0281. The summed E-state index contributed by atoms with van der Waals surface area (Å²) in [5.41, 5.74) is 5.72. The van der Waals surface area contributed by atoms with Gasteiger partial charge in [0, 0.05) is 70.5 Å². The van der Waals surface area contributed by atoms with E-state index in [9.17, 15) is 45.5 Å². The average Bonchev–Trinajstić information content (AvgIpc) is 4.50. The topological polar surface area (TPSA) is 219 Å². The molecule has 10 atom stereocenters. The monoisotopic (exact) mass is 1180 g/mol. The summed E-state index contributed by atoms with van der Waals surface area (Å²) in [7, 11) is -3.53. The number of carbonyl (C=O) groups is 6. The Morgan fingerprint density at radius 2 is 1.32 bits per heavy atom. The minimum atomic E-state index is -5.24. The van der Waals surface area contributed by atoms with Gasteiger partial charge in [-0.3, -0.25) is 28.8 Å². The third kappa shape index (κ3) is 16.9. The maximum Gasteiger partial charge on any atom is 0.488 e. The first-order chi connectivity index (χ1) is 40.4. The van der Waals surface area contributed by atoms with Crippen LogP contribution in [0.25, 0.3) is 0 Å². The number of nitrogens with one attached hydrogen (secondary N) is 4. The minimum Gasteiger partial charge on any atom is -0.373 e. The Labute approximate surface area is 493 Å². The van der Waals surface area contributed by atoms with Crippen LogP contribution in [0.2, 0.25) is 0 Å². The van der Waals surface area contributed by atoms with Crippen LogP contribution in [0.3, 0.4) is 0 Å². The molecule has 4 amide bonds. The predicted molar refractivity (Wildman–Crippen MR) is 313 cm³/mol. The number of nitrogens with zero attached hydrogens (tertiary/aromatic N) is 2. The first kappa shape index (κ1) is 63.6. The third-order valence-corrected chi connectivity index (χ3v) is 17.6. The number of ether oxygens (including phenoxy) is 2. The molecule has 17 nitrogen and oxygen atoms in total. The van der Waals surface area contributed by atoms with Crippen LogP contribution in [-0.4, -0.2) is 124 Å². The molecule has 20 heteroatoms. The number of likely N-dealkylation sites (tertiary alicyclic amines) is 2. The molecule has 2 heterocycles. The van der Waals surface area contributed by atoms with E-state index in [0.717, 1.165) is 53.5 Å². The molecule has 0 unspecified atom stereocenters. The van der Waals surface area contributed by atoms with E-state index in [1.807, 2.05) is 43.3 Å². The van der Waals surface area contributed by atoms with Crippen LogP contribution >= 0.6 is 0 Å². The first-order valence-corrected chi connectivity index (χ1v) is 31.2. The van der Waals surface area contributed by atoms with Gasteiger partial charge in [0.25, 0.3) is 0 Å². The Bertz CT molecular complexity index is 3020. The molecular weight excluding hydrogens is 1100 g/mol. The summed E-state index contributed by atoms with van der Waals surface area (Å²) in [6, 6.07) is 24.5. The van der Waals surface area contributed by atoms with Crippen molar-refractivity contribution in [1.82, 2.24) is 31.1 Å². The van der Waals surface area contributed by atoms with Gasteiger partial charge in [0.05, 0.1) is 30.1 Å². The molecule has 2 fully saturated rings. The molecule has 2 aliphatic heterocycles. The second kappa shape index (κ2) is 30.1. The SMILES string of the molecule is CC[C@@H](C)C(=O)N[C@@H](Cc1ccc(OS(=O)(=O)F)cc1)C(=O)N1CCC[C@H]1C(=O)N[C@@H]1Cc2ccccc2[C@@H]1OCCCCCCO[C@H]1c2ccccc2C[C@H]1CC(=O)[C@@H]1CCCN1C(=O)[C@H](CNCc1ccc(F)cc1)CC(=O)[C@H](C)NC. The summed E-state index contributed by atoms with van der Waals surface area (Å²) in [6.45, 7) is 7.72. The molecule has 2 saturated heterocycles. The highest BCUT2D eigenvalue weighted by molar-refractivity contribution is 7.81. The number of carbonyl (C=O) groups excluding carboxylic acids is 6. The Morgan fingerprint density at radius 1 is 0.726 bits per heavy atom. The van der Waals surface area contributed by atoms with E-state index in [-0.39, 0.29) is 90.6 Å². The fourth-order valence-electron chi connectivity index (χ4n) is 12.2. The molecule has 4 aromatic carbocycles. The second-order valence-electron chi connectivity index (χ2n) is 23.1. The molecule has 0 aromatic heterocycles. The van der Waals surface area contributed by atoms with E-state index in [1.165, 1.54) is 41.3 Å². The van der Waals surface area contributed by atoms with Gasteiger partial charge in [-0.15, -0.1) is 0 Å². The first-order valence-electron chi connectivity index (χ1n) is 29.9. The van der Waals surface area contributed by atoms with Gasteiger partial charge in [-0.1, -0.05) is 103 Å². The summed E-state index contributed by atoms with van der Waals surface area (Å²) < 4.78 is 66.4. The maximum absolute atomic E-state index is 14.4. The molecule has 454 valence electrons. The number of hydrogen-bond acceptors (Lipinski definition) is 13. The van der Waals surface area contributed by atoms with Gasteiger partial charge in [-0.05, 0) is 129 Å². The second-order valence-corrected chi connectivity index (χ2v) is 24.0. The van der Waals surface area contributed by atoms with E-state index in [1.54, 1.807) is 37.9 Å². The zero-order valence-electron chi connectivity index (χ0n) is 48.7. The number of fused-ring (bicyclic) bond motifs is 2. The highest BCUT2D eigenvalue weighted by atomic mass is 32.3. The molecule has 4 aliphatic rings. The standard InChI is InChI=1S/C64H82F2N6O11S/c1-5-41(2)61(75)70-54(34-43-24-28-50(29-25-43)83-84(66,79)80)64(78)72-31-15-21-56(72)62(76)69-53-36-46-17-9-11-19-52(46)60(53)82-33-13-7-6-12-32-81-59-47(35-45-16-8-10-18-51(45)59)37-58(74)55-20-14-30-71(55)63(77)48(38-57(73)42(3)67-4)40-68-39-44-22-26-49(65)27-23-44/h8-11,16-19,22-29,41-42,47-48,53-56,59-60,67-68H,5-7,12-15,20-21,30-40H2,1-4H3,(H,69,76)(H,70,75)/t41-,42+,47+,48+,53-,54+,55+,56+,59-,60+/m1/s1. The highest BCUT2D eigenvalue weighted by Gasteiger charge is 2.43. The van der Waals surface area contributed by atoms with Crippen molar-refractivity contribution in [3.63, 3.8) is 0 Å². The Balaban J connectivity index is 0.819. The van der Waals surface area contributed by atoms with Crippen LogP contribution in [0.1, 0.15) is 137 Å². The van der Waals surface area contributed by atoms with Crippen molar-refractivity contribution in [2.24, 2.45) is 17.8 Å². The van der Waals surface area contributed by atoms with Gasteiger partial charge in [0.15, 0.2) is 5.78 Å². The fraction of sp³-hybridized carbons (Fsp3) is 0.531. The van der Waals surface area contributed by atoms with E-state index < -0.39 is 52.6 Å². The number of benzene rings is 4. The number of unbranched alkanes of at least 4 members (excludes halogenated alkanes) is 3. The van der Waals surface area contributed by atoms with Gasteiger partial charge in [-0.2, -0.15) is 8.42 Å². The van der Waals surface area contributed by atoms with Crippen LogP contribution in [0, 0.1) is 23.6 Å². The van der Waals surface area contributed by atoms with Crippen LogP contribution in [0.5, 0.6) is 5.75 Å². The number of ketones is 2. The lowest BCUT2D eigenvalue weighted by molar-refractivity contribution is -0.143.